The summed E-state index contributed by atoms with van der Waals surface area (Å²) in [6.45, 7) is 2.00. The second-order valence-electron chi connectivity index (χ2n) is 7.44. The number of carbonyl (C=O) groups excluding carboxylic acids is 1. The molecule has 1 amide bonds. The lowest BCUT2D eigenvalue weighted by Gasteiger charge is -2.22. The van der Waals surface area contributed by atoms with Gasteiger partial charge >= 0.3 is 0 Å². The van der Waals surface area contributed by atoms with Gasteiger partial charge in [-0.1, -0.05) is 19.3 Å². The van der Waals surface area contributed by atoms with Crippen LogP contribution in [-0.4, -0.2) is 28.2 Å². The summed E-state index contributed by atoms with van der Waals surface area (Å²) in [5.74, 6) is 0.345. The van der Waals surface area contributed by atoms with Gasteiger partial charge in [0.1, 0.15) is 10.7 Å². The minimum atomic E-state index is -0.189. The van der Waals surface area contributed by atoms with E-state index in [1.807, 2.05) is 0 Å². The number of thiophene rings is 1. The lowest BCUT2D eigenvalue weighted by atomic mass is 9.95. The average Bonchev–Trinajstić information content (AvgIpc) is 3.02. The molecule has 0 aliphatic heterocycles. The van der Waals surface area contributed by atoms with Crippen LogP contribution in [0, 0.1) is 6.92 Å². The van der Waals surface area contributed by atoms with Gasteiger partial charge in [-0.2, -0.15) is 0 Å². The predicted octanol–water partition coefficient (Wildman–Crippen LogP) is 2.64. The lowest BCUT2D eigenvalue weighted by molar-refractivity contribution is -0.116. The van der Waals surface area contributed by atoms with Gasteiger partial charge in [0.15, 0.2) is 0 Å². The van der Waals surface area contributed by atoms with E-state index in [0.29, 0.717) is 17.3 Å². The standard InChI is InChI=1S/C19H26N4O2S/c1-12-21-18-17(14-9-5-6-10-15(14)26-18)19(25)23(12)22-16(24)11-20-13-7-3-2-4-8-13/h13,20H,2-11H2,1H3,(H,22,24). The van der Waals surface area contributed by atoms with Crippen LogP contribution in [0.3, 0.4) is 0 Å². The zero-order valence-corrected chi connectivity index (χ0v) is 16.1. The molecule has 0 bridgehead atoms. The third-order valence-electron chi connectivity index (χ3n) is 5.55. The van der Waals surface area contributed by atoms with E-state index < -0.39 is 0 Å². The molecule has 0 radical (unpaired) electrons. The lowest BCUT2D eigenvalue weighted by Crippen LogP contribution is -2.42. The molecule has 1 fully saturated rings. The summed E-state index contributed by atoms with van der Waals surface area (Å²) >= 11 is 1.64. The molecule has 26 heavy (non-hydrogen) atoms. The van der Waals surface area contributed by atoms with Crippen LogP contribution in [0.4, 0.5) is 0 Å². The van der Waals surface area contributed by atoms with Crippen LogP contribution in [0.1, 0.15) is 61.2 Å². The number of aryl methyl sites for hydroxylation is 3. The van der Waals surface area contributed by atoms with Crippen molar-refractivity contribution in [1.29, 1.82) is 0 Å². The van der Waals surface area contributed by atoms with Crippen LogP contribution < -0.4 is 16.3 Å². The molecule has 0 spiro atoms. The summed E-state index contributed by atoms with van der Waals surface area (Å²) in [5.41, 5.74) is 3.76. The van der Waals surface area contributed by atoms with Crippen LogP contribution in [0.2, 0.25) is 0 Å². The second-order valence-corrected chi connectivity index (χ2v) is 8.53. The second kappa shape index (κ2) is 7.48. The fourth-order valence-electron chi connectivity index (χ4n) is 4.15. The van der Waals surface area contributed by atoms with E-state index >= 15 is 0 Å². The molecule has 0 aromatic carbocycles. The van der Waals surface area contributed by atoms with E-state index in [1.54, 1.807) is 18.3 Å². The summed E-state index contributed by atoms with van der Waals surface area (Å²) < 4.78 is 1.33. The van der Waals surface area contributed by atoms with Crippen molar-refractivity contribution >= 4 is 27.5 Å². The maximum atomic E-state index is 13.0. The first-order valence-electron chi connectivity index (χ1n) is 9.70. The molecule has 2 N–H and O–H groups in total. The SMILES string of the molecule is Cc1nc2sc3c(c2c(=O)n1NC(=O)CNC1CCCCC1)CCCC3. The Labute approximate surface area is 157 Å². The minimum Gasteiger partial charge on any atom is -0.306 e. The Morgan fingerprint density at radius 1 is 1.19 bits per heavy atom. The number of amides is 1. The number of nitrogens with one attached hydrogen (secondary N) is 2. The number of fused-ring (bicyclic) bond motifs is 3. The molecule has 6 nitrogen and oxygen atoms in total. The molecule has 0 saturated heterocycles. The molecule has 0 unspecified atom stereocenters. The highest BCUT2D eigenvalue weighted by Gasteiger charge is 2.22. The average molecular weight is 375 g/mol. The molecule has 140 valence electrons. The molecule has 2 aliphatic rings. The molecule has 7 heteroatoms. The van der Waals surface area contributed by atoms with E-state index in [4.69, 9.17) is 0 Å². The smallest absolute Gasteiger partial charge is 0.281 e. The largest absolute Gasteiger partial charge is 0.306 e. The monoisotopic (exact) mass is 374 g/mol. The Balaban J connectivity index is 1.54. The van der Waals surface area contributed by atoms with Crippen molar-refractivity contribution in [2.45, 2.75) is 70.8 Å². The summed E-state index contributed by atoms with van der Waals surface area (Å²) in [7, 11) is 0. The summed E-state index contributed by atoms with van der Waals surface area (Å²) in [6, 6.07) is 0.414. The highest BCUT2D eigenvalue weighted by atomic mass is 32.1. The van der Waals surface area contributed by atoms with E-state index in [2.05, 4.69) is 15.7 Å². The molecule has 2 aromatic heterocycles. The van der Waals surface area contributed by atoms with Crippen molar-refractivity contribution in [2.75, 3.05) is 12.0 Å². The Hall–Kier alpha value is -1.73. The van der Waals surface area contributed by atoms with Gasteiger partial charge in [-0.3, -0.25) is 15.0 Å². The van der Waals surface area contributed by atoms with Crippen molar-refractivity contribution in [2.24, 2.45) is 0 Å². The zero-order chi connectivity index (χ0) is 18.1. The fourth-order valence-corrected chi connectivity index (χ4v) is 5.44. The van der Waals surface area contributed by atoms with Crippen LogP contribution in [0.25, 0.3) is 10.2 Å². The first-order chi connectivity index (χ1) is 12.6. The summed E-state index contributed by atoms with van der Waals surface area (Å²) in [6.07, 6.45) is 10.3. The molecule has 2 heterocycles. The molecule has 0 atom stereocenters. The predicted molar refractivity (Wildman–Crippen MR) is 105 cm³/mol. The third kappa shape index (κ3) is 3.42. The summed E-state index contributed by atoms with van der Waals surface area (Å²) in [5, 5.41) is 4.02. The van der Waals surface area contributed by atoms with Crippen molar-refractivity contribution in [1.82, 2.24) is 15.0 Å². The van der Waals surface area contributed by atoms with Gasteiger partial charge in [0.2, 0.25) is 0 Å². The maximum absolute atomic E-state index is 13.0. The van der Waals surface area contributed by atoms with E-state index in [-0.39, 0.29) is 18.0 Å². The topological polar surface area (TPSA) is 76.0 Å². The van der Waals surface area contributed by atoms with Crippen molar-refractivity contribution in [3.63, 3.8) is 0 Å². The molecule has 2 aromatic rings. The third-order valence-corrected chi connectivity index (χ3v) is 6.74. The number of hydrogen-bond donors (Lipinski definition) is 2. The van der Waals surface area contributed by atoms with Gasteiger partial charge in [-0.15, -0.1) is 11.3 Å². The Morgan fingerprint density at radius 3 is 2.77 bits per heavy atom. The van der Waals surface area contributed by atoms with Gasteiger partial charge < -0.3 is 5.32 Å². The Kier molecular flexibility index (Phi) is 5.09. The Morgan fingerprint density at radius 2 is 1.96 bits per heavy atom. The van der Waals surface area contributed by atoms with Crippen molar-refractivity contribution < 1.29 is 4.79 Å². The van der Waals surface area contributed by atoms with Crippen LogP contribution in [0.5, 0.6) is 0 Å². The maximum Gasteiger partial charge on any atom is 0.281 e. The van der Waals surface area contributed by atoms with Crippen LogP contribution >= 0.6 is 11.3 Å². The minimum absolute atomic E-state index is 0.141. The van der Waals surface area contributed by atoms with Crippen LogP contribution in [-0.2, 0) is 17.6 Å². The van der Waals surface area contributed by atoms with Gasteiger partial charge in [0, 0.05) is 10.9 Å². The van der Waals surface area contributed by atoms with E-state index in [0.717, 1.165) is 42.5 Å². The number of carbonyl (C=O) groups is 1. The number of hydrogen-bond acceptors (Lipinski definition) is 5. The van der Waals surface area contributed by atoms with Crippen molar-refractivity contribution in [3.05, 3.63) is 26.6 Å². The van der Waals surface area contributed by atoms with Crippen LogP contribution in [0.15, 0.2) is 4.79 Å². The summed E-state index contributed by atoms with van der Waals surface area (Å²) in [4.78, 5) is 32.1. The molecule has 1 saturated carbocycles. The highest BCUT2D eigenvalue weighted by molar-refractivity contribution is 7.18. The first kappa shape index (κ1) is 17.7. The molecular formula is C19H26N4O2S. The fraction of sp³-hybridized carbons (Fsp3) is 0.632. The molecule has 4 rings (SSSR count). The first-order valence-corrected chi connectivity index (χ1v) is 10.5. The van der Waals surface area contributed by atoms with Gasteiger partial charge in [0.25, 0.3) is 11.5 Å². The van der Waals surface area contributed by atoms with Gasteiger partial charge in [-0.25, -0.2) is 9.66 Å². The van der Waals surface area contributed by atoms with E-state index in [1.165, 1.54) is 35.2 Å². The number of aromatic nitrogens is 2. The zero-order valence-electron chi connectivity index (χ0n) is 15.3. The number of nitrogens with zero attached hydrogens (tertiary/aromatic N) is 2. The highest BCUT2D eigenvalue weighted by Crippen LogP contribution is 2.33. The Bertz CT molecular complexity index is 880. The molecule has 2 aliphatic carbocycles. The van der Waals surface area contributed by atoms with Gasteiger partial charge in [0.05, 0.1) is 11.9 Å². The normalized spacial score (nSPS) is 18.0. The van der Waals surface area contributed by atoms with Crippen molar-refractivity contribution in [3.8, 4) is 0 Å². The quantitative estimate of drug-likeness (QED) is 0.863. The number of rotatable bonds is 4. The van der Waals surface area contributed by atoms with E-state index in [9.17, 15) is 9.59 Å². The van der Waals surface area contributed by atoms with Gasteiger partial charge in [-0.05, 0) is 51.0 Å². The molecular weight excluding hydrogens is 348 g/mol.